The Morgan fingerprint density at radius 1 is 1.44 bits per heavy atom. The van der Waals surface area contributed by atoms with Gasteiger partial charge in [-0.3, -0.25) is 4.79 Å². The molecule has 0 bridgehead atoms. The van der Waals surface area contributed by atoms with E-state index >= 15 is 0 Å². The van der Waals surface area contributed by atoms with E-state index in [2.05, 4.69) is 5.32 Å². The zero-order chi connectivity index (χ0) is 18.6. The van der Waals surface area contributed by atoms with Crippen LogP contribution in [0.1, 0.15) is 36.2 Å². The van der Waals surface area contributed by atoms with Gasteiger partial charge in [0.25, 0.3) is 0 Å². The van der Waals surface area contributed by atoms with Crippen LogP contribution in [0.3, 0.4) is 0 Å². The number of fused-ring (bicyclic) bond motifs is 1. The van der Waals surface area contributed by atoms with E-state index in [1.165, 1.54) is 35.6 Å². The molecule has 0 radical (unpaired) electrons. The standard InChI is InChI=1S/C15H17BINO7/c1-3-12(19)18-11-7-9-5-4-6-10(13(9)25-16(11)22)14(20)23-8(2)24-15(17)21/h4-6,8,11,22H,3,7H2,1-2H3,(H,18,19)/t8?,11-/m0/s1. The van der Waals surface area contributed by atoms with Crippen molar-refractivity contribution in [1.29, 1.82) is 0 Å². The first-order valence-electron chi connectivity index (χ1n) is 7.64. The van der Waals surface area contributed by atoms with E-state index in [0.717, 1.165) is 0 Å². The van der Waals surface area contributed by atoms with Crippen LogP contribution in [0.2, 0.25) is 0 Å². The highest BCUT2D eigenvalue weighted by Gasteiger charge is 2.37. The summed E-state index contributed by atoms with van der Waals surface area (Å²) >= 11 is 1.43. The molecule has 134 valence electrons. The predicted octanol–water partition coefficient (Wildman–Crippen LogP) is 1.61. The van der Waals surface area contributed by atoms with Gasteiger partial charge in [0.1, 0.15) is 11.3 Å². The topological polar surface area (TPSA) is 111 Å². The maximum atomic E-state index is 12.3. The summed E-state index contributed by atoms with van der Waals surface area (Å²) in [7, 11) is -1.29. The molecule has 0 aromatic heterocycles. The number of hydrogen-bond donors (Lipinski definition) is 2. The Kier molecular flexibility index (Phi) is 6.65. The number of halogens is 1. The van der Waals surface area contributed by atoms with Crippen molar-refractivity contribution in [2.45, 2.75) is 38.9 Å². The molecule has 0 saturated heterocycles. The minimum Gasteiger partial charge on any atom is -0.534 e. The van der Waals surface area contributed by atoms with Crippen LogP contribution < -0.4 is 9.97 Å². The number of hydrogen-bond acceptors (Lipinski definition) is 7. The second-order valence-corrected chi connectivity index (χ2v) is 6.24. The Bertz CT molecular complexity index is 684. The summed E-state index contributed by atoms with van der Waals surface area (Å²) in [6.07, 6.45) is -0.463. The van der Waals surface area contributed by atoms with Gasteiger partial charge in [-0.2, -0.15) is 0 Å². The SMILES string of the molecule is CCC(=O)N[C@H]1Cc2cccc(C(=O)OC(C)OC(=O)I)c2OB1O. The van der Waals surface area contributed by atoms with Gasteiger partial charge < -0.3 is 24.5 Å². The van der Waals surface area contributed by atoms with Gasteiger partial charge in [0.2, 0.25) is 12.2 Å². The van der Waals surface area contributed by atoms with Gasteiger partial charge in [0, 0.05) is 13.3 Å². The quantitative estimate of drug-likeness (QED) is 0.226. The average Bonchev–Trinajstić information content (AvgIpc) is 2.53. The first kappa shape index (κ1) is 19.5. The summed E-state index contributed by atoms with van der Waals surface area (Å²) in [5.74, 6) is -1.37. The monoisotopic (exact) mass is 461 g/mol. The van der Waals surface area contributed by atoms with Crippen LogP contribution in [0.5, 0.6) is 5.75 Å². The first-order valence-corrected chi connectivity index (χ1v) is 8.72. The molecule has 1 unspecified atom stereocenters. The fraction of sp³-hybridized carbons (Fsp3) is 0.400. The molecule has 2 atom stereocenters. The maximum Gasteiger partial charge on any atom is 0.547 e. The van der Waals surface area contributed by atoms with Crippen LogP contribution in [0.25, 0.3) is 0 Å². The summed E-state index contributed by atoms with van der Waals surface area (Å²) < 4.78 is 14.6. The number of para-hydroxylation sites is 1. The van der Waals surface area contributed by atoms with Gasteiger partial charge in [0.15, 0.2) is 0 Å². The Morgan fingerprint density at radius 3 is 2.80 bits per heavy atom. The number of rotatable bonds is 5. The van der Waals surface area contributed by atoms with Crippen molar-refractivity contribution in [3.05, 3.63) is 29.3 Å². The smallest absolute Gasteiger partial charge is 0.534 e. The molecule has 0 fully saturated rings. The molecular weight excluding hydrogens is 444 g/mol. The van der Waals surface area contributed by atoms with E-state index in [1.807, 2.05) is 0 Å². The van der Waals surface area contributed by atoms with E-state index < -0.39 is 29.3 Å². The zero-order valence-corrected chi connectivity index (χ0v) is 15.8. The molecule has 25 heavy (non-hydrogen) atoms. The lowest BCUT2D eigenvalue weighted by atomic mass is 9.72. The van der Waals surface area contributed by atoms with Crippen molar-refractivity contribution in [2.24, 2.45) is 0 Å². The number of amides is 1. The van der Waals surface area contributed by atoms with Crippen LogP contribution in [0.15, 0.2) is 18.2 Å². The van der Waals surface area contributed by atoms with E-state index in [0.29, 0.717) is 12.0 Å². The fourth-order valence-electron chi connectivity index (χ4n) is 2.39. The molecule has 10 heteroatoms. The third-order valence-electron chi connectivity index (χ3n) is 3.54. The van der Waals surface area contributed by atoms with Gasteiger partial charge in [0.05, 0.1) is 28.5 Å². The number of nitrogens with one attached hydrogen (secondary N) is 1. The van der Waals surface area contributed by atoms with Crippen LogP contribution in [0, 0.1) is 0 Å². The summed E-state index contributed by atoms with van der Waals surface area (Å²) in [6.45, 7) is 3.12. The highest BCUT2D eigenvalue weighted by molar-refractivity contribution is 14.1. The molecule has 1 aliphatic heterocycles. The average molecular weight is 461 g/mol. The van der Waals surface area contributed by atoms with E-state index in [4.69, 9.17) is 14.1 Å². The second-order valence-electron chi connectivity index (χ2n) is 5.36. The largest absolute Gasteiger partial charge is 0.547 e. The highest BCUT2D eigenvalue weighted by atomic mass is 127. The number of carbonyl (C=O) groups excluding carboxylic acids is 3. The van der Waals surface area contributed by atoms with Crippen molar-refractivity contribution < 1.29 is 33.5 Å². The minimum atomic E-state index is -1.29. The molecule has 8 nitrogen and oxygen atoms in total. The summed E-state index contributed by atoms with van der Waals surface area (Å²) in [4.78, 5) is 34.7. The highest BCUT2D eigenvalue weighted by Crippen LogP contribution is 2.31. The van der Waals surface area contributed by atoms with Crippen molar-refractivity contribution in [3.8, 4) is 5.75 Å². The number of carbonyl (C=O) groups is 3. The third-order valence-corrected chi connectivity index (χ3v) is 3.79. The summed E-state index contributed by atoms with van der Waals surface area (Å²) in [6, 6.07) is 4.86. The van der Waals surface area contributed by atoms with Gasteiger partial charge in [-0.1, -0.05) is 19.1 Å². The van der Waals surface area contributed by atoms with Crippen molar-refractivity contribution in [3.63, 3.8) is 0 Å². The van der Waals surface area contributed by atoms with Gasteiger partial charge in [-0.05, 0) is 18.1 Å². The Labute approximate surface area is 158 Å². The van der Waals surface area contributed by atoms with E-state index in [9.17, 15) is 19.4 Å². The normalized spacial score (nSPS) is 17.0. The van der Waals surface area contributed by atoms with E-state index in [-0.39, 0.29) is 23.6 Å². The van der Waals surface area contributed by atoms with Crippen LogP contribution >= 0.6 is 22.6 Å². The Balaban J connectivity index is 2.17. The first-order chi connectivity index (χ1) is 11.8. The van der Waals surface area contributed by atoms with Gasteiger partial charge in [-0.25, -0.2) is 9.59 Å². The van der Waals surface area contributed by atoms with Crippen molar-refractivity contribution >= 4 is 45.6 Å². The lowest BCUT2D eigenvalue weighted by Gasteiger charge is -2.29. The molecule has 1 aliphatic rings. The molecule has 2 rings (SSSR count). The molecule has 0 spiro atoms. The van der Waals surface area contributed by atoms with Crippen molar-refractivity contribution in [1.82, 2.24) is 5.32 Å². The molecule has 0 aliphatic carbocycles. The lowest BCUT2D eigenvalue weighted by molar-refractivity contribution is -0.121. The Hall–Kier alpha value is -1.82. The van der Waals surface area contributed by atoms with Crippen LogP contribution in [0.4, 0.5) is 4.79 Å². The summed E-state index contributed by atoms with van der Waals surface area (Å²) in [5, 5.41) is 12.8. The van der Waals surface area contributed by atoms with Crippen molar-refractivity contribution in [2.75, 3.05) is 0 Å². The third kappa shape index (κ3) is 5.08. The molecule has 2 N–H and O–H groups in total. The minimum absolute atomic E-state index is 0.105. The van der Waals surface area contributed by atoms with Crippen LogP contribution in [-0.2, 0) is 20.7 Å². The maximum absolute atomic E-state index is 12.3. The molecule has 1 heterocycles. The van der Waals surface area contributed by atoms with Crippen LogP contribution in [-0.4, -0.2) is 40.2 Å². The predicted molar refractivity (Wildman–Crippen MR) is 96.3 cm³/mol. The molecule has 1 amide bonds. The zero-order valence-electron chi connectivity index (χ0n) is 13.7. The van der Waals surface area contributed by atoms with Gasteiger partial charge >= 0.3 is 17.1 Å². The number of esters is 1. The molecule has 0 saturated carbocycles. The van der Waals surface area contributed by atoms with E-state index in [1.54, 1.807) is 19.1 Å². The Morgan fingerprint density at radius 2 is 2.16 bits per heavy atom. The number of benzene rings is 1. The number of ether oxygens (including phenoxy) is 2. The molecular formula is C15H17BINO7. The lowest BCUT2D eigenvalue weighted by Crippen LogP contribution is -2.53. The van der Waals surface area contributed by atoms with Gasteiger partial charge in [-0.15, -0.1) is 0 Å². The molecule has 1 aromatic rings. The molecule has 1 aromatic carbocycles. The summed E-state index contributed by atoms with van der Waals surface area (Å²) in [5.41, 5.74) is 0.757. The second kappa shape index (κ2) is 8.52. The fourth-order valence-corrected chi connectivity index (χ4v) is 2.74.